The van der Waals surface area contributed by atoms with Gasteiger partial charge in [0.25, 0.3) is 0 Å². The lowest BCUT2D eigenvalue weighted by Gasteiger charge is -2.00. The molecule has 0 aliphatic rings. The molecule has 0 radical (unpaired) electrons. The summed E-state index contributed by atoms with van der Waals surface area (Å²) in [4.78, 5) is 15.5. The molecule has 3 aromatic rings. The van der Waals surface area contributed by atoms with E-state index in [1.807, 2.05) is 29.6 Å². The number of hydrogen-bond donors (Lipinski definition) is 1. The van der Waals surface area contributed by atoms with Crippen LogP contribution >= 0.6 is 11.3 Å². The van der Waals surface area contributed by atoms with E-state index in [9.17, 15) is 9.90 Å². The van der Waals surface area contributed by atoms with Crippen LogP contribution in [0.2, 0.25) is 0 Å². The fourth-order valence-electron chi connectivity index (χ4n) is 2.04. The van der Waals surface area contributed by atoms with Crippen molar-refractivity contribution in [1.82, 2.24) is 9.55 Å². The van der Waals surface area contributed by atoms with E-state index in [4.69, 9.17) is 0 Å². The van der Waals surface area contributed by atoms with Gasteiger partial charge in [0.05, 0.1) is 6.33 Å². The van der Waals surface area contributed by atoms with Crippen LogP contribution in [0.25, 0.3) is 21.3 Å². The lowest BCUT2D eigenvalue weighted by atomic mass is 10.1. The van der Waals surface area contributed by atoms with E-state index in [2.05, 4.69) is 4.98 Å². The summed E-state index contributed by atoms with van der Waals surface area (Å²) < 4.78 is 2.67. The molecule has 1 aromatic carbocycles. The molecule has 0 aliphatic carbocycles. The normalized spacial score (nSPS) is 10.9. The Morgan fingerprint density at radius 3 is 2.94 bits per heavy atom. The Bertz CT molecular complexity index is 742. The van der Waals surface area contributed by atoms with E-state index in [1.165, 1.54) is 10.9 Å². The second-order valence-electron chi connectivity index (χ2n) is 4.00. The Morgan fingerprint density at radius 2 is 2.17 bits per heavy atom. The van der Waals surface area contributed by atoms with Crippen molar-refractivity contribution < 1.29 is 9.90 Å². The number of carboxylic acids is 1. The van der Waals surface area contributed by atoms with Crippen molar-refractivity contribution in [2.45, 2.75) is 0 Å². The third kappa shape index (κ3) is 1.52. The number of rotatable bonds is 2. The van der Waals surface area contributed by atoms with Gasteiger partial charge in [0, 0.05) is 28.1 Å². The van der Waals surface area contributed by atoms with Gasteiger partial charge in [-0.05, 0) is 6.07 Å². The van der Waals surface area contributed by atoms with Gasteiger partial charge >= 0.3 is 5.97 Å². The molecule has 0 saturated heterocycles. The summed E-state index contributed by atoms with van der Waals surface area (Å²) in [7, 11) is 1.69. The predicted octanol–water partition coefficient (Wildman–Crippen LogP) is 3.00. The molecule has 1 N–H and O–H groups in total. The highest BCUT2D eigenvalue weighted by Crippen LogP contribution is 2.34. The zero-order chi connectivity index (χ0) is 12.7. The molecule has 0 spiro atoms. The van der Waals surface area contributed by atoms with Crippen molar-refractivity contribution in [3.05, 3.63) is 41.7 Å². The first-order valence-electron chi connectivity index (χ1n) is 5.39. The van der Waals surface area contributed by atoms with Crippen molar-refractivity contribution in [3.63, 3.8) is 0 Å². The molecule has 0 amide bonds. The molecule has 5 heteroatoms. The molecule has 4 nitrogen and oxygen atoms in total. The molecule has 0 fully saturated rings. The Hall–Kier alpha value is -2.14. The van der Waals surface area contributed by atoms with Crippen LogP contribution < -0.4 is 0 Å². The van der Waals surface area contributed by atoms with Crippen LogP contribution in [0, 0.1) is 0 Å². The minimum Gasteiger partial charge on any atom is -0.477 e. The summed E-state index contributed by atoms with van der Waals surface area (Å²) in [5, 5.41) is 12.3. The number of fused-ring (bicyclic) bond motifs is 1. The highest BCUT2D eigenvalue weighted by atomic mass is 32.1. The third-order valence-corrected chi connectivity index (χ3v) is 3.84. The van der Waals surface area contributed by atoms with Gasteiger partial charge < -0.3 is 9.67 Å². The Balaban J connectivity index is 2.30. The van der Waals surface area contributed by atoms with E-state index < -0.39 is 5.97 Å². The number of carbonyl (C=O) groups is 1. The lowest BCUT2D eigenvalue weighted by molar-refractivity contribution is 0.0687. The maximum Gasteiger partial charge on any atom is 0.354 e. The van der Waals surface area contributed by atoms with Gasteiger partial charge in [-0.25, -0.2) is 9.78 Å². The molecule has 0 bridgehead atoms. The number of aryl methyl sites for hydroxylation is 1. The summed E-state index contributed by atoms with van der Waals surface area (Å²) in [5.74, 6) is -0.958. The lowest BCUT2D eigenvalue weighted by Crippen LogP contribution is -2.05. The molecule has 90 valence electrons. The fourth-order valence-corrected chi connectivity index (χ4v) is 2.99. The molecule has 0 aliphatic heterocycles. The number of benzene rings is 1. The number of hydrogen-bond acceptors (Lipinski definition) is 3. The summed E-state index contributed by atoms with van der Waals surface area (Å²) in [5.41, 5.74) is 1.63. The molecule has 2 aromatic heterocycles. The second kappa shape index (κ2) is 3.96. The maximum absolute atomic E-state index is 11.3. The first-order chi connectivity index (χ1) is 8.68. The first kappa shape index (κ1) is 11.0. The number of carboxylic acid groups (broad SMARTS) is 1. The molecule has 0 unspecified atom stereocenters. The zero-order valence-corrected chi connectivity index (χ0v) is 10.4. The van der Waals surface area contributed by atoms with Crippen LogP contribution in [0.4, 0.5) is 0 Å². The van der Waals surface area contributed by atoms with Gasteiger partial charge in [0.2, 0.25) is 0 Å². The third-order valence-electron chi connectivity index (χ3n) is 2.88. The smallest absolute Gasteiger partial charge is 0.354 e. The highest BCUT2D eigenvalue weighted by Gasteiger charge is 2.19. The average molecular weight is 258 g/mol. The second-order valence-corrected chi connectivity index (χ2v) is 4.91. The molecule has 0 atom stereocenters. The summed E-state index contributed by atoms with van der Waals surface area (Å²) in [6, 6.07) is 7.93. The monoisotopic (exact) mass is 258 g/mol. The average Bonchev–Trinajstić information content (AvgIpc) is 2.92. The number of thiophene rings is 1. The molecular formula is C13H10N2O2S. The number of aromatic nitrogens is 2. The molecule has 3 rings (SSSR count). The van der Waals surface area contributed by atoms with E-state index >= 15 is 0 Å². The molecule has 2 heterocycles. The maximum atomic E-state index is 11.3. The van der Waals surface area contributed by atoms with Crippen LogP contribution in [0.1, 0.15) is 10.5 Å². The van der Waals surface area contributed by atoms with Crippen molar-refractivity contribution in [1.29, 1.82) is 0 Å². The molecule has 0 saturated carbocycles. The summed E-state index contributed by atoms with van der Waals surface area (Å²) in [6.07, 6.45) is 1.53. The van der Waals surface area contributed by atoms with Crippen LogP contribution in [0.15, 0.2) is 36.0 Å². The standard InChI is InChI=1S/C13H10N2O2S/c1-15-7-14-11(12(15)13(16)17)9-6-18-10-5-3-2-4-8(9)10/h2-7H,1H3,(H,16,17). The minimum atomic E-state index is -0.958. The van der Waals surface area contributed by atoms with Gasteiger partial charge in [-0.15, -0.1) is 11.3 Å². The molecular weight excluding hydrogens is 248 g/mol. The summed E-state index contributed by atoms with van der Waals surface area (Å²) >= 11 is 1.60. The van der Waals surface area contributed by atoms with Gasteiger partial charge in [0.15, 0.2) is 5.69 Å². The largest absolute Gasteiger partial charge is 0.477 e. The van der Waals surface area contributed by atoms with Crippen molar-refractivity contribution in [2.75, 3.05) is 0 Å². The topological polar surface area (TPSA) is 55.1 Å². The van der Waals surface area contributed by atoms with Gasteiger partial charge in [-0.2, -0.15) is 0 Å². The first-order valence-corrected chi connectivity index (χ1v) is 6.27. The van der Waals surface area contributed by atoms with Crippen molar-refractivity contribution in [3.8, 4) is 11.3 Å². The number of imidazole rings is 1. The predicted molar refractivity (Wildman–Crippen MR) is 71.0 cm³/mol. The van der Waals surface area contributed by atoms with Crippen LogP contribution in [-0.2, 0) is 7.05 Å². The van der Waals surface area contributed by atoms with E-state index in [0.29, 0.717) is 5.69 Å². The fraction of sp³-hybridized carbons (Fsp3) is 0.0769. The quantitative estimate of drug-likeness (QED) is 0.768. The SMILES string of the molecule is Cn1cnc(-c2csc3ccccc23)c1C(=O)O. The number of aromatic carboxylic acids is 1. The Morgan fingerprint density at radius 1 is 1.39 bits per heavy atom. The van der Waals surface area contributed by atoms with E-state index in [1.54, 1.807) is 18.4 Å². The van der Waals surface area contributed by atoms with Gasteiger partial charge in [-0.1, -0.05) is 18.2 Å². The van der Waals surface area contributed by atoms with E-state index in [-0.39, 0.29) is 5.69 Å². The van der Waals surface area contributed by atoms with Crippen LogP contribution in [0.3, 0.4) is 0 Å². The minimum absolute atomic E-state index is 0.221. The van der Waals surface area contributed by atoms with E-state index in [0.717, 1.165) is 15.6 Å². The Kier molecular flexibility index (Phi) is 2.41. The molecule has 18 heavy (non-hydrogen) atoms. The Labute approximate surface area is 107 Å². The van der Waals surface area contributed by atoms with Crippen molar-refractivity contribution in [2.24, 2.45) is 7.05 Å². The van der Waals surface area contributed by atoms with Gasteiger partial charge in [-0.3, -0.25) is 0 Å². The summed E-state index contributed by atoms with van der Waals surface area (Å²) in [6.45, 7) is 0. The highest BCUT2D eigenvalue weighted by molar-refractivity contribution is 7.17. The zero-order valence-electron chi connectivity index (χ0n) is 9.62. The van der Waals surface area contributed by atoms with Gasteiger partial charge in [0.1, 0.15) is 5.69 Å². The van der Waals surface area contributed by atoms with Crippen LogP contribution in [-0.4, -0.2) is 20.6 Å². The van der Waals surface area contributed by atoms with Crippen molar-refractivity contribution >= 4 is 27.4 Å². The number of nitrogens with zero attached hydrogens (tertiary/aromatic N) is 2. The van der Waals surface area contributed by atoms with Crippen LogP contribution in [0.5, 0.6) is 0 Å².